The van der Waals surface area contributed by atoms with Crippen LogP contribution in [0.25, 0.3) is 10.6 Å². The third-order valence-electron chi connectivity index (χ3n) is 4.81. The van der Waals surface area contributed by atoms with E-state index < -0.39 is 0 Å². The van der Waals surface area contributed by atoms with Gasteiger partial charge in [-0.15, -0.1) is 11.3 Å². The van der Waals surface area contributed by atoms with E-state index in [4.69, 9.17) is 0 Å². The second-order valence-electron chi connectivity index (χ2n) is 7.62. The second kappa shape index (κ2) is 9.28. The molecule has 1 fully saturated rings. The highest BCUT2D eigenvalue weighted by molar-refractivity contribution is 7.13. The van der Waals surface area contributed by atoms with Crippen molar-refractivity contribution in [3.8, 4) is 10.6 Å². The summed E-state index contributed by atoms with van der Waals surface area (Å²) in [7, 11) is 0. The lowest BCUT2D eigenvalue weighted by Crippen LogP contribution is -2.44. The molecule has 2 N–H and O–H groups in total. The Bertz CT molecular complexity index is 837. The summed E-state index contributed by atoms with van der Waals surface area (Å²) in [6.45, 7) is 3.90. The van der Waals surface area contributed by atoms with Gasteiger partial charge in [0.15, 0.2) is 0 Å². The number of hydrogen-bond donors (Lipinski definition) is 2. The maximum atomic E-state index is 13.4. The monoisotopic (exact) mass is 403 g/mol. The van der Waals surface area contributed by atoms with Crippen molar-refractivity contribution in [3.63, 3.8) is 0 Å². The fourth-order valence-electron chi connectivity index (χ4n) is 3.55. The molecule has 2 atom stereocenters. The molecule has 3 rings (SSSR count). The van der Waals surface area contributed by atoms with Crippen LogP contribution in [0.4, 0.5) is 4.39 Å². The summed E-state index contributed by atoms with van der Waals surface area (Å²) in [4.78, 5) is 29.1. The zero-order chi connectivity index (χ0) is 20.1. The topological polar surface area (TPSA) is 71.1 Å². The van der Waals surface area contributed by atoms with E-state index in [1.54, 1.807) is 12.1 Å². The lowest BCUT2D eigenvalue weighted by molar-refractivity contribution is -0.128. The van der Waals surface area contributed by atoms with Gasteiger partial charge in [0, 0.05) is 28.9 Å². The van der Waals surface area contributed by atoms with E-state index in [1.165, 1.54) is 23.5 Å². The Hall–Kier alpha value is -2.28. The number of aromatic nitrogens is 1. The summed E-state index contributed by atoms with van der Waals surface area (Å²) < 4.78 is 13.4. The van der Waals surface area contributed by atoms with E-state index in [0.717, 1.165) is 19.3 Å². The minimum atomic E-state index is -0.305. The van der Waals surface area contributed by atoms with Crippen LogP contribution in [-0.4, -0.2) is 28.9 Å². The average molecular weight is 404 g/mol. The van der Waals surface area contributed by atoms with Gasteiger partial charge in [-0.1, -0.05) is 18.6 Å². The van der Waals surface area contributed by atoms with Crippen LogP contribution in [0.1, 0.15) is 45.2 Å². The lowest BCUT2D eigenvalue weighted by atomic mass is 9.85. The summed E-state index contributed by atoms with van der Waals surface area (Å²) in [6.07, 6.45) is 3.55. The normalized spacial score (nSPS) is 19.4. The molecule has 1 aliphatic rings. The van der Waals surface area contributed by atoms with Crippen molar-refractivity contribution in [1.82, 2.24) is 15.6 Å². The SMILES string of the molecule is CC(C)NC(=O)C1CCCC(NC(=O)Cc2csc(-c3cccc(F)c3)n2)C1. The maximum Gasteiger partial charge on any atom is 0.226 e. The van der Waals surface area contributed by atoms with Gasteiger partial charge in [0.2, 0.25) is 11.8 Å². The largest absolute Gasteiger partial charge is 0.354 e. The van der Waals surface area contributed by atoms with Gasteiger partial charge >= 0.3 is 0 Å². The molecule has 1 heterocycles. The fourth-order valence-corrected chi connectivity index (χ4v) is 4.36. The third kappa shape index (κ3) is 5.61. The Morgan fingerprint density at radius 2 is 2.14 bits per heavy atom. The first-order chi connectivity index (χ1) is 13.4. The first-order valence-corrected chi connectivity index (χ1v) is 10.6. The standard InChI is InChI=1S/C21H26FN3O2S/c1-13(2)23-20(27)14-5-4-8-17(10-14)24-19(26)11-18-12-28-21(25-18)15-6-3-7-16(22)9-15/h3,6-7,9,12-14,17H,4-5,8,10-11H2,1-2H3,(H,23,27)(H,24,26). The highest BCUT2D eigenvalue weighted by Crippen LogP contribution is 2.26. The van der Waals surface area contributed by atoms with Gasteiger partial charge in [0.05, 0.1) is 12.1 Å². The number of halogens is 1. The predicted molar refractivity (Wildman–Crippen MR) is 108 cm³/mol. The number of nitrogens with one attached hydrogen (secondary N) is 2. The highest BCUT2D eigenvalue weighted by Gasteiger charge is 2.28. The summed E-state index contributed by atoms with van der Waals surface area (Å²) in [5.41, 5.74) is 1.38. The minimum absolute atomic E-state index is 0.0190. The second-order valence-corrected chi connectivity index (χ2v) is 8.48. The van der Waals surface area contributed by atoms with Gasteiger partial charge in [-0.25, -0.2) is 9.37 Å². The van der Waals surface area contributed by atoms with Crippen molar-refractivity contribution in [1.29, 1.82) is 0 Å². The highest BCUT2D eigenvalue weighted by atomic mass is 32.1. The maximum absolute atomic E-state index is 13.4. The molecule has 1 aliphatic carbocycles. The van der Waals surface area contributed by atoms with Crippen LogP contribution in [-0.2, 0) is 16.0 Å². The zero-order valence-corrected chi connectivity index (χ0v) is 17.0. The molecule has 0 aliphatic heterocycles. The third-order valence-corrected chi connectivity index (χ3v) is 5.75. The van der Waals surface area contributed by atoms with Crippen LogP contribution < -0.4 is 10.6 Å². The van der Waals surface area contributed by atoms with Gasteiger partial charge in [0.1, 0.15) is 10.8 Å². The minimum Gasteiger partial charge on any atom is -0.354 e. The molecule has 7 heteroatoms. The molecular weight excluding hydrogens is 377 g/mol. The number of amides is 2. The van der Waals surface area contributed by atoms with Crippen LogP contribution in [0, 0.1) is 11.7 Å². The summed E-state index contributed by atoms with van der Waals surface area (Å²) in [5.74, 6) is -0.361. The first kappa shape index (κ1) is 20.5. The summed E-state index contributed by atoms with van der Waals surface area (Å²) in [5, 5.41) is 8.54. The number of rotatable bonds is 6. The van der Waals surface area contributed by atoms with E-state index in [-0.39, 0.29) is 42.1 Å². The number of hydrogen-bond acceptors (Lipinski definition) is 4. The Kier molecular flexibility index (Phi) is 6.78. The molecule has 0 bridgehead atoms. The van der Waals surface area contributed by atoms with E-state index in [9.17, 15) is 14.0 Å². The molecule has 2 aromatic rings. The number of benzene rings is 1. The van der Waals surface area contributed by atoms with Crippen molar-refractivity contribution < 1.29 is 14.0 Å². The van der Waals surface area contributed by atoms with Crippen LogP contribution in [0.15, 0.2) is 29.6 Å². The molecule has 2 unspecified atom stereocenters. The molecule has 28 heavy (non-hydrogen) atoms. The molecule has 1 aromatic heterocycles. The van der Waals surface area contributed by atoms with Crippen molar-refractivity contribution in [2.24, 2.45) is 5.92 Å². The Morgan fingerprint density at radius 1 is 1.32 bits per heavy atom. The molecule has 1 saturated carbocycles. The number of carbonyl (C=O) groups excluding carboxylic acids is 2. The number of nitrogens with zero attached hydrogens (tertiary/aromatic N) is 1. The van der Waals surface area contributed by atoms with E-state index in [0.29, 0.717) is 22.7 Å². The van der Waals surface area contributed by atoms with Gasteiger partial charge in [0.25, 0.3) is 0 Å². The smallest absolute Gasteiger partial charge is 0.226 e. The lowest BCUT2D eigenvalue weighted by Gasteiger charge is -2.29. The van der Waals surface area contributed by atoms with Crippen LogP contribution in [0.3, 0.4) is 0 Å². The van der Waals surface area contributed by atoms with Gasteiger partial charge in [-0.05, 0) is 45.2 Å². The van der Waals surface area contributed by atoms with Crippen LogP contribution in [0.5, 0.6) is 0 Å². The fraction of sp³-hybridized carbons (Fsp3) is 0.476. The van der Waals surface area contributed by atoms with E-state index in [1.807, 2.05) is 19.2 Å². The molecule has 0 saturated heterocycles. The number of carbonyl (C=O) groups is 2. The molecular formula is C21H26FN3O2S. The summed E-state index contributed by atoms with van der Waals surface area (Å²) >= 11 is 1.40. The Labute approximate surface area is 168 Å². The molecule has 5 nitrogen and oxygen atoms in total. The van der Waals surface area contributed by atoms with Crippen LogP contribution in [0.2, 0.25) is 0 Å². The van der Waals surface area contributed by atoms with Crippen LogP contribution >= 0.6 is 11.3 Å². The van der Waals surface area contributed by atoms with E-state index in [2.05, 4.69) is 15.6 Å². The van der Waals surface area contributed by atoms with Gasteiger partial charge in [-0.3, -0.25) is 9.59 Å². The van der Waals surface area contributed by atoms with Crippen molar-refractivity contribution in [2.75, 3.05) is 0 Å². The molecule has 2 amide bonds. The molecule has 0 spiro atoms. The molecule has 1 aromatic carbocycles. The van der Waals surface area contributed by atoms with Crippen molar-refractivity contribution >= 4 is 23.2 Å². The quantitative estimate of drug-likeness (QED) is 0.773. The number of thiazole rings is 1. The van der Waals surface area contributed by atoms with Crippen molar-refractivity contribution in [2.45, 2.75) is 58.0 Å². The van der Waals surface area contributed by atoms with Crippen molar-refractivity contribution in [3.05, 3.63) is 41.2 Å². The van der Waals surface area contributed by atoms with Gasteiger partial charge in [-0.2, -0.15) is 0 Å². The van der Waals surface area contributed by atoms with E-state index >= 15 is 0 Å². The first-order valence-electron chi connectivity index (χ1n) is 9.71. The Balaban J connectivity index is 1.53. The van der Waals surface area contributed by atoms with Gasteiger partial charge < -0.3 is 10.6 Å². The average Bonchev–Trinajstić information content (AvgIpc) is 3.09. The zero-order valence-electron chi connectivity index (χ0n) is 16.2. The Morgan fingerprint density at radius 3 is 2.89 bits per heavy atom. The molecule has 150 valence electrons. The molecule has 0 radical (unpaired) electrons. The summed E-state index contributed by atoms with van der Waals surface area (Å²) in [6, 6.07) is 6.42. The predicted octanol–water partition coefficient (Wildman–Crippen LogP) is 3.69.